The molecular formula is C129H84N6. The third-order valence-corrected chi connectivity index (χ3v) is 29.2. The third-order valence-electron chi connectivity index (χ3n) is 29.2. The second-order valence-corrected chi connectivity index (χ2v) is 36.5. The maximum Gasteiger partial charge on any atom is 0.0547 e. The molecule has 0 saturated carbocycles. The molecule has 3 aliphatic carbocycles. The van der Waals surface area contributed by atoms with Crippen molar-refractivity contribution in [3.8, 4) is 101 Å². The van der Waals surface area contributed by atoms with E-state index >= 15 is 0 Å². The predicted octanol–water partition coefficient (Wildman–Crippen LogP) is 33.4. The predicted molar refractivity (Wildman–Crippen MR) is 566 cm³/mol. The molecule has 0 amide bonds. The summed E-state index contributed by atoms with van der Waals surface area (Å²) in [4.78, 5) is 0. The first-order valence-corrected chi connectivity index (χ1v) is 47.0. The van der Waals surface area contributed by atoms with Gasteiger partial charge in [0.1, 0.15) is 0 Å². The van der Waals surface area contributed by atoms with Crippen molar-refractivity contribution in [1.82, 2.24) is 27.4 Å². The molecule has 6 nitrogen and oxygen atoms in total. The quantitative estimate of drug-likeness (QED) is 0.138. The van der Waals surface area contributed by atoms with E-state index in [1.54, 1.807) is 0 Å². The monoisotopic (exact) mass is 1720 g/mol. The van der Waals surface area contributed by atoms with Crippen molar-refractivity contribution < 1.29 is 0 Å². The van der Waals surface area contributed by atoms with Crippen molar-refractivity contribution in [3.63, 3.8) is 0 Å². The first-order chi connectivity index (χ1) is 67.0. The average Bonchev–Trinajstić information content (AvgIpc) is 1.57. The molecule has 0 unspecified atom stereocenters. The number of nitrogens with zero attached hydrogens (tertiary/aromatic N) is 6. The summed E-state index contributed by atoms with van der Waals surface area (Å²) in [5.74, 6) is 0. The van der Waals surface area contributed by atoms with Crippen molar-refractivity contribution in [3.05, 3.63) is 507 Å². The summed E-state index contributed by atoms with van der Waals surface area (Å²) < 4.78 is 14.6. The van der Waals surface area contributed by atoms with Crippen LogP contribution in [0, 0.1) is 0 Å². The van der Waals surface area contributed by atoms with Crippen molar-refractivity contribution >= 4 is 131 Å². The number of benzene rings is 21. The second-order valence-electron chi connectivity index (χ2n) is 36.5. The Hall–Kier alpha value is -17.6. The fourth-order valence-corrected chi connectivity index (χ4v) is 23.3. The van der Waals surface area contributed by atoms with Crippen LogP contribution in [0.3, 0.4) is 0 Å². The van der Waals surface area contributed by atoms with Crippen molar-refractivity contribution in [1.29, 1.82) is 0 Å². The zero-order valence-corrected chi connectivity index (χ0v) is 73.8. The lowest BCUT2D eigenvalue weighted by Gasteiger charge is -2.14. The van der Waals surface area contributed by atoms with Gasteiger partial charge in [-0.2, -0.15) is 0 Å². The van der Waals surface area contributed by atoms with Gasteiger partial charge in [0.2, 0.25) is 0 Å². The summed E-state index contributed by atoms with van der Waals surface area (Å²) >= 11 is 0. The lowest BCUT2D eigenvalue weighted by atomic mass is 10.0. The fraction of sp³-hybridized carbons (Fsp3) is 0.0233. The van der Waals surface area contributed by atoms with Crippen molar-refractivity contribution in [2.45, 2.75) is 19.3 Å². The highest BCUT2D eigenvalue weighted by atomic mass is 15.0. The number of aromatic nitrogens is 6. The molecule has 0 N–H and O–H groups in total. The van der Waals surface area contributed by atoms with Crippen molar-refractivity contribution in [2.24, 2.45) is 0 Å². The molecule has 6 heteroatoms. The first-order valence-electron chi connectivity index (χ1n) is 47.0. The number of hydrogen-bond donors (Lipinski definition) is 0. The summed E-state index contributed by atoms with van der Waals surface area (Å²) in [6.45, 7) is 0. The molecule has 6 heterocycles. The van der Waals surface area contributed by atoms with Crippen LogP contribution in [0.15, 0.2) is 473 Å². The molecule has 0 aliphatic heterocycles. The minimum absolute atomic E-state index is 0.955. The van der Waals surface area contributed by atoms with E-state index in [-0.39, 0.29) is 0 Å². The summed E-state index contributed by atoms with van der Waals surface area (Å²) in [6, 6.07) is 174. The normalized spacial score (nSPS) is 12.4. The number of hydrogen-bond acceptors (Lipinski definition) is 0. The van der Waals surface area contributed by atoms with Crippen LogP contribution in [0.2, 0.25) is 0 Å². The molecule has 0 fully saturated rings. The summed E-state index contributed by atoms with van der Waals surface area (Å²) in [5.41, 5.74) is 45.9. The van der Waals surface area contributed by atoms with E-state index < -0.39 is 0 Å². The lowest BCUT2D eigenvalue weighted by Crippen LogP contribution is -1.99. The van der Waals surface area contributed by atoms with E-state index in [9.17, 15) is 0 Å². The highest BCUT2D eigenvalue weighted by molar-refractivity contribution is 6.16. The number of fused-ring (bicyclic) bond motifs is 27. The van der Waals surface area contributed by atoms with Gasteiger partial charge >= 0.3 is 0 Å². The van der Waals surface area contributed by atoms with Gasteiger partial charge in [-0.3, -0.25) is 0 Å². The molecule has 0 radical (unpaired) electrons. The Morgan fingerprint density at radius 1 is 0.126 bits per heavy atom. The highest BCUT2D eigenvalue weighted by Gasteiger charge is 2.29. The number of rotatable bonds is 9. The van der Waals surface area contributed by atoms with Crippen LogP contribution in [0.25, 0.3) is 232 Å². The summed E-state index contributed by atoms with van der Waals surface area (Å²) in [7, 11) is 0. The molecular weight excluding hydrogens is 1630 g/mol. The summed E-state index contributed by atoms with van der Waals surface area (Å²) in [6.07, 6.45) is 2.93. The molecule has 0 spiro atoms. The molecule has 21 aromatic carbocycles. The molecule has 30 rings (SSSR count). The molecule has 0 saturated heterocycles. The molecule has 27 aromatic rings. The van der Waals surface area contributed by atoms with Crippen LogP contribution in [0.1, 0.15) is 33.4 Å². The average molecular weight is 1720 g/mol. The standard InChI is InChI=1S/3C43H28N2/c1-2-14-32-30(11-1)26-38-33(32)18-10-22-42(38)45-41-21-8-5-17-36(41)37-24-23-29(27-43(37)45)28-12-9-13-31(25-28)44-39-19-6-3-15-34(39)35-16-4-7-20-40(35)44;1-2-14-32-30(11-1)27-37-33(32)18-10-22-42(37)45-41-21-8-5-17-36(41)38-26-29(23-24-43(38)45)28-12-9-13-31(25-28)44-39-19-6-3-15-34(39)35-16-4-7-20-40(35)44;1-2-13-34-30(10-1)24-31-20-22-33(27-38(31)34)45-42-19-8-5-16-37(42)39-26-29(21-23-43(39)45)28-11-9-12-32(25-28)44-40-17-6-3-14-35(40)36-15-4-7-18-41(36)44/h1-25,27H,26H2;1-26H,27H2;1-23,25-27H,24H2. The van der Waals surface area contributed by atoms with E-state index in [0.29, 0.717) is 0 Å². The van der Waals surface area contributed by atoms with E-state index in [1.807, 2.05) is 0 Å². The van der Waals surface area contributed by atoms with Crippen LogP contribution in [-0.2, 0) is 19.3 Å². The van der Waals surface area contributed by atoms with Crippen LogP contribution < -0.4 is 0 Å². The van der Waals surface area contributed by atoms with Crippen LogP contribution >= 0.6 is 0 Å². The maximum atomic E-state index is 2.50. The van der Waals surface area contributed by atoms with E-state index in [2.05, 4.69) is 501 Å². The Kier molecular flexibility index (Phi) is 17.3. The lowest BCUT2D eigenvalue weighted by molar-refractivity contribution is 1.12. The SMILES string of the molecule is c1cc(-c2ccc3c(c2)c2ccccc2n3-c2ccc3c(c2)-c2ccccc2C3)cc(-n2c3ccccc3c3ccccc32)c1.c1cc(-c2ccc3c(c2)c2ccccc2n3-c2cccc3c2Cc2ccccc2-3)cc(-n2c3ccccc3c3ccccc32)c1.c1cc(-c2ccc3c4ccccc4n(-c4cccc5c4Cc4ccccc4-5)c3c2)cc(-n2c3ccccc3c3ccccc32)c1. The Bertz CT molecular complexity index is 9470. The topological polar surface area (TPSA) is 29.6 Å². The molecule has 135 heavy (non-hydrogen) atoms. The minimum atomic E-state index is 0.955. The van der Waals surface area contributed by atoms with Gasteiger partial charge in [-0.1, -0.05) is 328 Å². The van der Waals surface area contributed by atoms with Gasteiger partial charge in [-0.25, -0.2) is 0 Å². The van der Waals surface area contributed by atoms with Gasteiger partial charge in [0, 0.05) is 100 Å². The first kappa shape index (κ1) is 76.3. The Balaban J connectivity index is 0.000000101. The smallest absolute Gasteiger partial charge is 0.0547 e. The molecule has 6 aromatic heterocycles. The molecule has 0 atom stereocenters. The zero-order valence-electron chi connectivity index (χ0n) is 73.8. The fourth-order valence-electron chi connectivity index (χ4n) is 23.3. The van der Waals surface area contributed by atoms with Crippen molar-refractivity contribution in [2.75, 3.05) is 0 Å². The third kappa shape index (κ3) is 12.0. The van der Waals surface area contributed by atoms with Crippen LogP contribution in [0.4, 0.5) is 0 Å². The van der Waals surface area contributed by atoms with Gasteiger partial charge < -0.3 is 27.4 Å². The summed E-state index contributed by atoms with van der Waals surface area (Å²) in [5, 5.41) is 15.3. The van der Waals surface area contributed by atoms with Gasteiger partial charge in [0.15, 0.2) is 0 Å². The minimum Gasteiger partial charge on any atom is -0.309 e. The molecule has 630 valence electrons. The Morgan fingerprint density at radius 3 is 0.763 bits per heavy atom. The van der Waals surface area contributed by atoms with E-state index in [0.717, 1.165) is 19.3 Å². The van der Waals surface area contributed by atoms with E-state index in [4.69, 9.17) is 0 Å². The Morgan fingerprint density at radius 2 is 0.378 bits per heavy atom. The molecule has 0 bridgehead atoms. The highest BCUT2D eigenvalue weighted by Crippen LogP contribution is 2.49. The van der Waals surface area contributed by atoms with Crippen LogP contribution in [-0.4, -0.2) is 27.4 Å². The van der Waals surface area contributed by atoms with Gasteiger partial charge in [-0.05, 0) is 252 Å². The zero-order chi connectivity index (χ0) is 88.5. The molecule has 3 aliphatic rings. The number of para-hydroxylation sites is 9. The maximum absolute atomic E-state index is 2.50. The van der Waals surface area contributed by atoms with Gasteiger partial charge in [0.25, 0.3) is 0 Å². The van der Waals surface area contributed by atoms with Gasteiger partial charge in [-0.15, -0.1) is 0 Å². The Labute approximate surface area is 779 Å². The second kappa shape index (κ2) is 30.5. The van der Waals surface area contributed by atoms with Crippen LogP contribution in [0.5, 0.6) is 0 Å². The van der Waals surface area contributed by atoms with Gasteiger partial charge in [0.05, 0.1) is 77.6 Å². The largest absolute Gasteiger partial charge is 0.309 e. The van der Waals surface area contributed by atoms with E-state index in [1.165, 1.54) is 265 Å².